The SMILES string of the molecule is Cc1ccc(Cc2nc3c(C)cccn3n2)cc1. The van der Waals surface area contributed by atoms with E-state index in [0.717, 1.165) is 23.5 Å². The van der Waals surface area contributed by atoms with E-state index in [4.69, 9.17) is 0 Å². The molecule has 0 aliphatic heterocycles. The predicted octanol–water partition coefficient (Wildman–Crippen LogP) is 2.94. The van der Waals surface area contributed by atoms with Crippen molar-refractivity contribution in [2.45, 2.75) is 20.3 Å². The molecule has 0 aliphatic carbocycles. The number of aryl methyl sites for hydroxylation is 2. The van der Waals surface area contributed by atoms with Crippen LogP contribution < -0.4 is 0 Å². The molecule has 3 aromatic rings. The number of pyridine rings is 1. The highest BCUT2D eigenvalue weighted by Gasteiger charge is 2.06. The molecule has 2 aromatic heterocycles. The van der Waals surface area contributed by atoms with Gasteiger partial charge in [0.2, 0.25) is 0 Å². The molecule has 0 radical (unpaired) electrons. The van der Waals surface area contributed by atoms with Crippen molar-refractivity contribution in [3.63, 3.8) is 0 Å². The molecule has 18 heavy (non-hydrogen) atoms. The van der Waals surface area contributed by atoms with Crippen LogP contribution in [0, 0.1) is 13.8 Å². The van der Waals surface area contributed by atoms with Crippen LogP contribution >= 0.6 is 0 Å². The predicted molar refractivity (Wildman–Crippen MR) is 71.7 cm³/mol. The fourth-order valence-electron chi connectivity index (χ4n) is 2.05. The molecule has 3 rings (SSSR count). The zero-order valence-electron chi connectivity index (χ0n) is 10.6. The Balaban J connectivity index is 1.95. The lowest BCUT2D eigenvalue weighted by Crippen LogP contribution is -1.92. The Morgan fingerprint density at radius 3 is 2.56 bits per heavy atom. The van der Waals surface area contributed by atoms with Crippen molar-refractivity contribution in [3.8, 4) is 0 Å². The smallest absolute Gasteiger partial charge is 0.158 e. The summed E-state index contributed by atoms with van der Waals surface area (Å²) in [5, 5.41) is 4.50. The first-order valence-electron chi connectivity index (χ1n) is 6.09. The quantitative estimate of drug-likeness (QED) is 0.686. The minimum Gasteiger partial charge on any atom is -0.221 e. The summed E-state index contributed by atoms with van der Waals surface area (Å²) in [6, 6.07) is 12.6. The summed E-state index contributed by atoms with van der Waals surface area (Å²) in [7, 11) is 0. The molecule has 2 heterocycles. The molecule has 90 valence electrons. The normalized spacial score (nSPS) is 11.0. The third-order valence-electron chi connectivity index (χ3n) is 3.08. The van der Waals surface area contributed by atoms with E-state index >= 15 is 0 Å². The maximum atomic E-state index is 4.58. The molecule has 0 aliphatic rings. The zero-order valence-corrected chi connectivity index (χ0v) is 10.6. The van der Waals surface area contributed by atoms with Crippen molar-refractivity contribution in [3.05, 3.63) is 65.1 Å². The Hall–Kier alpha value is -2.16. The summed E-state index contributed by atoms with van der Waals surface area (Å²) in [6.45, 7) is 4.15. The lowest BCUT2D eigenvalue weighted by atomic mass is 10.1. The Bertz CT molecular complexity index is 681. The van der Waals surface area contributed by atoms with Crippen molar-refractivity contribution >= 4 is 5.65 Å². The number of hydrogen-bond acceptors (Lipinski definition) is 2. The molecule has 0 spiro atoms. The number of hydrogen-bond donors (Lipinski definition) is 0. The van der Waals surface area contributed by atoms with E-state index in [2.05, 4.69) is 54.3 Å². The van der Waals surface area contributed by atoms with Gasteiger partial charge in [-0.2, -0.15) is 5.10 Å². The molecule has 0 saturated carbocycles. The molecule has 0 saturated heterocycles. The summed E-state index contributed by atoms with van der Waals surface area (Å²) >= 11 is 0. The highest BCUT2D eigenvalue weighted by Crippen LogP contribution is 2.11. The van der Waals surface area contributed by atoms with Gasteiger partial charge in [0.25, 0.3) is 0 Å². The van der Waals surface area contributed by atoms with Gasteiger partial charge in [0.1, 0.15) is 0 Å². The molecule has 3 nitrogen and oxygen atoms in total. The van der Waals surface area contributed by atoms with E-state index in [0.29, 0.717) is 0 Å². The van der Waals surface area contributed by atoms with Gasteiger partial charge in [-0.05, 0) is 31.0 Å². The topological polar surface area (TPSA) is 30.2 Å². The van der Waals surface area contributed by atoms with Crippen molar-refractivity contribution in [2.24, 2.45) is 0 Å². The second-order valence-corrected chi connectivity index (χ2v) is 4.65. The first-order chi connectivity index (χ1) is 8.72. The second-order valence-electron chi connectivity index (χ2n) is 4.65. The first kappa shape index (κ1) is 11.0. The van der Waals surface area contributed by atoms with Gasteiger partial charge >= 0.3 is 0 Å². The van der Waals surface area contributed by atoms with E-state index < -0.39 is 0 Å². The number of fused-ring (bicyclic) bond motifs is 1. The molecular formula is C15H15N3. The van der Waals surface area contributed by atoms with Crippen LogP contribution in [0.2, 0.25) is 0 Å². The van der Waals surface area contributed by atoms with E-state index in [1.54, 1.807) is 0 Å². The summed E-state index contributed by atoms with van der Waals surface area (Å²) in [6.07, 6.45) is 2.72. The van der Waals surface area contributed by atoms with Crippen molar-refractivity contribution in [1.29, 1.82) is 0 Å². The van der Waals surface area contributed by atoms with E-state index in [9.17, 15) is 0 Å². The standard InChI is InChI=1S/C15H15N3/c1-11-5-7-13(8-6-11)10-14-16-15-12(2)4-3-9-18(15)17-14/h3-9H,10H2,1-2H3. The molecule has 3 heteroatoms. The lowest BCUT2D eigenvalue weighted by Gasteiger charge is -1.97. The van der Waals surface area contributed by atoms with Gasteiger partial charge in [-0.25, -0.2) is 9.50 Å². The fourth-order valence-corrected chi connectivity index (χ4v) is 2.05. The molecular weight excluding hydrogens is 222 g/mol. The van der Waals surface area contributed by atoms with Gasteiger partial charge in [0, 0.05) is 12.6 Å². The van der Waals surface area contributed by atoms with E-state index in [1.807, 2.05) is 16.8 Å². The fraction of sp³-hybridized carbons (Fsp3) is 0.200. The first-order valence-corrected chi connectivity index (χ1v) is 6.09. The van der Waals surface area contributed by atoms with Crippen LogP contribution in [0.5, 0.6) is 0 Å². The average Bonchev–Trinajstić information content (AvgIpc) is 2.76. The molecule has 0 fully saturated rings. The highest BCUT2D eigenvalue weighted by atomic mass is 15.3. The van der Waals surface area contributed by atoms with Gasteiger partial charge in [0.15, 0.2) is 11.5 Å². The largest absolute Gasteiger partial charge is 0.221 e. The summed E-state index contributed by atoms with van der Waals surface area (Å²) < 4.78 is 1.85. The highest BCUT2D eigenvalue weighted by molar-refractivity contribution is 5.46. The van der Waals surface area contributed by atoms with Crippen LogP contribution in [-0.2, 0) is 6.42 Å². The third-order valence-corrected chi connectivity index (χ3v) is 3.08. The minimum absolute atomic E-state index is 0.779. The summed E-state index contributed by atoms with van der Waals surface area (Å²) in [5.74, 6) is 0.869. The maximum absolute atomic E-state index is 4.58. The van der Waals surface area contributed by atoms with Crippen LogP contribution in [-0.4, -0.2) is 14.6 Å². The van der Waals surface area contributed by atoms with Crippen LogP contribution in [0.15, 0.2) is 42.6 Å². The van der Waals surface area contributed by atoms with Crippen LogP contribution in [0.1, 0.15) is 22.5 Å². The van der Waals surface area contributed by atoms with Gasteiger partial charge in [-0.3, -0.25) is 0 Å². The molecule has 0 atom stereocenters. The van der Waals surface area contributed by atoms with Crippen molar-refractivity contribution in [2.75, 3.05) is 0 Å². The Morgan fingerprint density at radius 1 is 1.06 bits per heavy atom. The third kappa shape index (κ3) is 1.99. The van der Waals surface area contributed by atoms with Gasteiger partial charge in [-0.1, -0.05) is 35.9 Å². The van der Waals surface area contributed by atoms with Crippen LogP contribution in [0.25, 0.3) is 5.65 Å². The molecule has 0 bridgehead atoms. The second kappa shape index (κ2) is 4.26. The zero-order chi connectivity index (χ0) is 12.5. The number of nitrogens with zero attached hydrogens (tertiary/aromatic N) is 3. The average molecular weight is 237 g/mol. The van der Waals surface area contributed by atoms with E-state index in [1.165, 1.54) is 11.1 Å². The monoisotopic (exact) mass is 237 g/mol. The Labute approximate surface area is 106 Å². The lowest BCUT2D eigenvalue weighted by molar-refractivity contribution is 0.898. The number of aromatic nitrogens is 3. The van der Waals surface area contributed by atoms with Gasteiger partial charge < -0.3 is 0 Å². The Morgan fingerprint density at radius 2 is 1.83 bits per heavy atom. The molecule has 1 aromatic carbocycles. The maximum Gasteiger partial charge on any atom is 0.158 e. The minimum atomic E-state index is 0.779. The van der Waals surface area contributed by atoms with Gasteiger partial charge in [-0.15, -0.1) is 0 Å². The molecule has 0 N–H and O–H groups in total. The van der Waals surface area contributed by atoms with Gasteiger partial charge in [0.05, 0.1) is 0 Å². The summed E-state index contributed by atoms with van der Waals surface area (Å²) in [5.41, 5.74) is 4.62. The van der Waals surface area contributed by atoms with E-state index in [-0.39, 0.29) is 0 Å². The molecule has 0 unspecified atom stereocenters. The van der Waals surface area contributed by atoms with Crippen LogP contribution in [0.4, 0.5) is 0 Å². The van der Waals surface area contributed by atoms with Crippen molar-refractivity contribution < 1.29 is 0 Å². The van der Waals surface area contributed by atoms with Crippen molar-refractivity contribution in [1.82, 2.24) is 14.6 Å². The van der Waals surface area contributed by atoms with Crippen LogP contribution in [0.3, 0.4) is 0 Å². The number of rotatable bonds is 2. The Kier molecular flexibility index (Phi) is 2.59. The number of benzene rings is 1. The summed E-state index contributed by atoms with van der Waals surface area (Å²) in [4.78, 5) is 4.58. The molecule has 0 amide bonds.